The maximum Gasteiger partial charge on any atom is 0.261 e. The Morgan fingerprint density at radius 3 is 2.27 bits per heavy atom. The molecule has 0 amide bonds. The molecule has 26 heavy (non-hydrogen) atoms. The molecule has 0 bridgehead atoms. The van der Waals surface area contributed by atoms with Crippen molar-refractivity contribution in [2.24, 2.45) is 0 Å². The highest BCUT2D eigenvalue weighted by molar-refractivity contribution is 7.92. The highest BCUT2D eigenvalue weighted by Gasteiger charge is 2.14. The van der Waals surface area contributed by atoms with Gasteiger partial charge in [-0.05, 0) is 60.7 Å². The molecule has 1 heterocycles. The fraction of sp³-hybridized carbons (Fsp3) is 0. The summed E-state index contributed by atoms with van der Waals surface area (Å²) < 4.78 is 28.5. The van der Waals surface area contributed by atoms with Crippen LogP contribution in [0.5, 0.6) is 0 Å². The van der Waals surface area contributed by atoms with Crippen LogP contribution in [0.1, 0.15) is 0 Å². The first-order chi connectivity index (χ1) is 12.5. The Balaban J connectivity index is 1.58. The third-order valence-corrected chi connectivity index (χ3v) is 6.54. The molecule has 0 atom stereocenters. The summed E-state index contributed by atoms with van der Waals surface area (Å²) in [5.74, 6) is 0. The number of nitrogens with one attached hydrogen (secondary N) is 1. The highest BCUT2D eigenvalue weighted by Crippen LogP contribution is 2.30. The number of para-hydroxylation sites is 1. The van der Waals surface area contributed by atoms with E-state index in [1.807, 2.05) is 36.4 Å². The third kappa shape index (κ3) is 3.44. The normalized spacial score (nSPS) is 11.6. The van der Waals surface area contributed by atoms with E-state index < -0.39 is 10.0 Å². The van der Waals surface area contributed by atoms with Crippen LogP contribution in [0, 0.1) is 0 Å². The standard InChI is InChI=1S/C19H13ClN2O2S2/c20-14-7-11-16(12-8-14)26(23,24)22-15-9-5-13(6-10-15)19-21-17-3-1-2-4-18(17)25-19/h1-12,22H. The van der Waals surface area contributed by atoms with Crippen LogP contribution in [0.3, 0.4) is 0 Å². The number of nitrogens with zero attached hydrogens (tertiary/aromatic N) is 1. The van der Waals surface area contributed by atoms with E-state index in [9.17, 15) is 8.42 Å². The van der Waals surface area contributed by atoms with Crippen molar-refractivity contribution in [2.75, 3.05) is 4.72 Å². The molecule has 4 rings (SSSR count). The molecule has 0 aliphatic carbocycles. The van der Waals surface area contributed by atoms with Gasteiger partial charge in [-0.15, -0.1) is 11.3 Å². The Kier molecular flexibility index (Phi) is 4.40. The molecule has 0 saturated heterocycles. The van der Waals surface area contributed by atoms with Gasteiger partial charge in [-0.3, -0.25) is 4.72 Å². The number of anilines is 1. The summed E-state index contributed by atoms with van der Waals surface area (Å²) >= 11 is 7.41. The first-order valence-electron chi connectivity index (χ1n) is 7.76. The van der Waals surface area contributed by atoms with Crippen LogP contribution < -0.4 is 4.72 Å². The lowest BCUT2D eigenvalue weighted by Crippen LogP contribution is -2.12. The SMILES string of the molecule is O=S(=O)(Nc1ccc(-c2nc3ccccc3s2)cc1)c1ccc(Cl)cc1. The summed E-state index contributed by atoms with van der Waals surface area (Å²) in [7, 11) is -3.65. The molecule has 0 fully saturated rings. The zero-order valence-corrected chi connectivity index (χ0v) is 15.8. The quantitative estimate of drug-likeness (QED) is 0.497. The molecule has 0 aliphatic heterocycles. The number of benzene rings is 3. The lowest BCUT2D eigenvalue weighted by atomic mass is 10.2. The summed E-state index contributed by atoms with van der Waals surface area (Å²) in [5.41, 5.74) is 2.39. The third-order valence-electron chi connectivity index (χ3n) is 3.80. The van der Waals surface area contributed by atoms with Crippen molar-refractivity contribution in [3.8, 4) is 10.6 Å². The summed E-state index contributed by atoms with van der Waals surface area (Å²) in [6.07, 6.45) is 0. The van der Waals surface area contributed by atoms with E-state index in [-0.39, 0.29) is 4.90 Å². The molecule has 0 unspecified atom stereocenters. The van der Waals surface area contributed by atoms with E-state index in [1.54, 1.807) is 35.6 Å². The zero-order chi connectivity index (χ0) is 18.1. The van der Waals surface area contributed by atoms with Crippen molar-refractivity contribution < 1.29 is 8.42 Å². The van der Waals surface area contributed by atoms with E-state index in [0.717, 1.165) is 20.8 Å². The van der Waals surface area contributed by atoms with Crippen LogP contribution >= 0.6 is 22.9 Å². The zero-order valence-electron chi connectivity index (χ0n) is 13.4. The van der Waals surface area contributed by atoms with E-state index >= 15 is 0 Å². The molecule has 130 valence electrons. The summed E-state index contributed by atoms with van der Waals surface area (Å²) in [5, 5.41) is 1.39. The number of rotatable bonds is 4. The van der Waals surface area contributed by atoms with Gasteiger partial charge in [-0.2, -0.15) is 0 Å². The predicted molar refractivity (Wildman–Crippen MR) is 107 cm³/mol. The summed E-state index contributed by atoms with van der Waals surface area (Å²) in [4.78, 5) is 4.77. The van der Waals surface area contributed by atoms with Gasteiger partial charge in [-0.1, -0.05) is 23.7 Å². The number of aromatic nitrogens is 1. The monoisotopic (exact) mass is 400 g/mol. The minimum atomic E-state index is -3.65. The van der Waals surface area contributed by atoms with Crippen LogP contribution in [-0.4, -0.2) is 13.4 Å². The minimum absolute atomic E-state index is 0.164. The van der Waals surface area contributed by atoms with Crippen LogP contribution in [-0.2, 0) is 10.0 Å². The molecular weight excluding hydrogens is 388 g/mol. The van der Waals surface area contributed by atoms with Gasteiger partial charge in [0.25, 0.3) is 10.0 Å². The molecule has 1 N–H and O–H groups in total. The maximum atomic E-state index is 12.4. The largest absolute Gasteiger partial charge is 0.280 e. The van der Waals surface area contributed by atoms with Crippen LogP contribution in [0.2, 0.25) is 5.02 Å². The van der Waals surface area contributed by atoms with Gasteiger partial charge in [-0.25, -0.2) is 13.4 Å². The molecule has 1 aromatic heterocycles. The highest BCUT2D eigenvalue weighted by atomic mass is 35.5. The smallest absolute Gasteiger partial charge is 0.261 e. The van der Waals surface area contributed by atoms with Gasteiger partial charge in [0.05, 0.1) is 15.1 Å². The molecule has 0 spiro atoms. The van der Waals surface area contributed by atoms with E-state index in [1.165, 1.54) is 12.1 Å². The van der Waals surface area contributed by atoms with Gasteiger partial charge in [0, 0.05) is 16.3 Å². The van der Waals surface area contributed by atoms with Crippen molar-refractivity contribution >= 4 is 48.9 Å². The lowest BCUT2D eigenvalue weighted by Gasteiger charge is -2.08. The second-order valence-electron chi connectivity index (χ2n) is 5.62. The van der Waals surface area contributed by atoms with Crippen LogP contribution in [0.25, 0.3) is 20.8 Å². The van der Waals surface area contributed by atoms with Gasteiger partial charge in [0.2, 0.25) is 0 Å². The van der Waals surface area contributed by atoms with Crippen LogP contribution in [0.4, 0.5) is 5.69 Å². The van der Waals surface area contributed by atoms with Crippen molar-refractivity contribution in [1.29, 1.82) is 0 Å². The Bertz CT molecular complexity index is 1140. The first-order valence-corrected chi connectivity index (χ1v) is 10.4. The number of fused-ring (bicyclic) bond motifs is 1. The van der Waals surface area contributed by atoms with Gasteiger partial charge in [0.15, 0.2) is 0 Å². The van der Waals surface area contributed by atoms with Crippen molar-refractivity contribution in [3.63, 3.8) is 0 Å². The first kappa shape index (κ1) is 17.0. The Morgan fingerprint density at radius 2 is 1.58 bits per heavy atom. The number of halogens is 1. The predicted octanol–water partition coefficient (Wildman–Crippen LogP) is 5.42. The van der Waals surface area contributed by atoms with Gasteiger partial charge < -0.3 is 0 Å². The molecule has 7 heteroatoms. The molecule has 4 aromatic rings. The molecular formula is C19H13ClN2O2S2. The van der Waals surface area contributed by atoms with Crippen molar-refractivity contribution in [3.05, 3.63) is 77.8 Å². The van der Waals surface area contributed by atoms with E-state index in [2.05, 4.69) is 9.71 Å². The second kappa shape index (κ2) is 6.72. The molecule has 4 nitrogen and oxygen atoms in total. The van der Waals surface area contributed by atoms with E-state index in [4.69, 9.17) is 11.6 Å². The number of thiazole rings is 1. The second-order valence-corrected chi connectivity index (χ2v) is 8.77. The Hall–Kier alpha value is -2.41. The van der Waals surface area contributed by atoms with Crippen molar-refractivity contribution in [1.82, 2.24) is 4.98 Å². The van der Waals surface area contributed by atoms with Gasteiger partial charge >= 0.3 is 0 Å². The summed E-state index contributed by atoms with van der Waals surface area (Å²) in [6, 6.07) is 21.2. The fourth-order valence-corrected chi connectivity index (χ4v) is 4.66. The number of hydrogen-bond donors (Lipinski definition) is 1. The van der Waals surface area contributed by atoms with E-state index in [0.29, 0.717) is 10.7 Å². The molecule has 0 saturated carbocycles. The fourth-order valence-electron chi connectivity index (χ4n) is 2.50. The average molecular weight is 401 g/mol. The summed E-state index contributed by atoms with van der Waals surface area (Å²) in [6.45, 7) is 0. The Morgan fingerprint density at radius 1 is 0.885 bits per heavy atom. The van der Waals surface area contributed by atoms with Crippen LogP contribution in [0.15, 0.2) is 77.7 Å². The molecule has 3 aromatic carbocycles. The average Bonchev–Trinajstić information content (AvgIpc) is 3.06. The lowest BCUT2D eigenvalue weighted by molar-refractivity contribution is 0.601. The minimum Gasteiger partial charge on any atom is -0.280 e. The topological polar surface area (TPSA) is 59.1 Å². The van der Waals surface area contributed by atoms with Gasteiger partial charge in [0.1, 0.15) is 5.01 Å². The maximum absolute atomic E-state index is 12.4. The molecule has 0 radical (unpaired) electrons. The van der Waals surface area contributed by atoms with Crippen molar-refractivity contribution in [2.45, 2.75) is 4.90 Å². The number of sulfonamides is 1. The molecule has 0 aliphatic rings. The Labute approximate surface area is 160 Å². The number of hydrogen-bond acceptors (Lipinski definition) is 4.